The van der Waals surface area contributed by atoms with E-state index in [9.17, 15) is 60.3 Å². The first-order valence-electron chi connectivity index (χ1n) is 41.1. The molecule has 8 heterocycles. The highest BCUT2D eigenvalue weighted by Crippen LogP contribution is 2.56. The van der Waals surface area contributed by atoms with Crippen LogP contribution in [0.1, 0.15) is 205 Å². The fraction of sp³-hybridized carbons (Fsp3) is 0.541. The van der Waals surface area contributed by atoms with Crippen molar-refractivity contribution in [3.63, 3.8) is 0 Å². The molecule has 19 atom stereocenters. The first kappa shape index (κ1) is 85.5. The molecule has 5 aromatic carbocycles. The topological polar surface area (TPSA) is 525 Å². The minimum absolute atomic E-state index is 0.0819. The van der Waals surface area contributed by atoms with Crippen molar-refractivity contribution in [2.75, 3.05) is 7.05 Å². The molecule has 0 aromatic heterocycles. The highest BCUT2D eigenvalue weighted by molar-refractivity contribution is 6.32. The van der Waals surface area contributed by atoms with E-state index in [1.807, 2.05) is 20.8 Å². The number of hydrogen-bond donors (Lipinski definition) is 19. The van der Waals surface area contributed by atoms with Gasteiger partial charge in [0, 0.05) is 41.1 Å². The van der Waals surface area contributed by atoms with Crippen LogP contribution in [-0.2, 0) is 63.1 Å². The quantitative estimate of drug-likeness (QED) is 0.0470. The minimum atomic E-state index is -2.97. The van der Waals surface area contributed by atoms with Gasteiger partial charge in [0.15, 0.2) is 23.9 Å². The number of phenols is 1. The van der Waals surface area contributed by atoms with Gasteiger partial charge in [-0.25, -0.2) is 0 Å². The van der Waals surface area contributed by atoms with Crippen molar-refractivity contribution in [3.05, 3.63) is 128 Å². The number of rotatable bonds is 17. The zero-order chi connectivity index (χ0) is 85.6. The Kier molecular flexibility index (Phi) is 24.3. The van der Waals surface area contributed by atoms with Gasteiger partial charge in [-0.05, 0) is 189 Å². The third kappa shape index (κ3) is 16.8. The largest absolute Gasteiger partial charge is 0.508 e. The Morgan fingerprint density at radius 2 is 1.31 bits per heavy atom. The van der Waals surface area contributed by atoms with Gasteiger partial charge in [0.2, 0.25) is 71.0 Å². The van der Waals surface area contributed by atoms with E-state index in [2.05, 4.69) is 47.9 Å². The predicted molar refractivity (Wildman–Crippen MR) is 423 cm³/mol. The molecule has 5 aliphatic carbocycles. The minimum Gasteiger partial charge on any atom is -0.508 e. The van der Waals surface area contributed by atoms with Crippen LogP contribution in [0, 0.1) is 29.6 Å². The summed E-state index contributed by atoms with van der Waals surface area (Å²) in [5.74, 6) is -15.2. The Morgan fingerprint density at radius 1 is 0.658 bits per heavy atom. The van der Waals surface area contributed by atoms with Gasteiger partial charge >= 0.3 is 0 Å². The van der Waals surface area contributed by atoms with E-state index in [-0.39, 0.29) is 110 Å². The molecule has 120 heavy (non-hydrogen) atoms. The second-order valence-electron chi connectivity index (χ2n) is 34.5. The summed E-state index contributed by atoms with van der Waals surface area (Å²) in [6.45, 7) is 8.70. The molecule has 4 saturated carbocycles. The molecule has 0 radical (unpaired) electrons. The second-order valence-corrected chi connectivity index (χ2v) is 34.9. The van der Waals surface area contributed by atoms with Gasteiger partial charge in [0.1, 0.15) is 90.1 Å². The SMILES string of the molecule is CCCCCCCC(=O)NC(=O)C[C@@H]1NC(=O)[C@H](NC(=O)[C@@H](CC(C)C)NC)[C@H](O)c2ccc3c(c2)C(O)[C@H]2O[C@@H](Oc4c5cc(cc4O3)[C@@H](NC1=O)C(=O)N[C@H]1C(=O)N[C@H](C(=O)N[C@H](C(=O)NC3C4CC6CC(C4)CC3C6)c3cc(O)cc4c3-c3cc1ccc3C4(O)O)[C@H](O)c1ccc(c(Cl)c1)O5)[C@H](O[C@H]1C[C@](C)(N)[C@H](O)[C@H](C)O1)[C@@H](O)[C@@H]2O. The lowest BCUT2D eigenvalue weighted by Crippen LogP contribution is -2.64. The van der Waals surface area contributed by atoms with Crippen LogP contribution in [0.3, 0.4) is 0 Å². The average molecular weight is 1680 g/mol. The van der Waals surface area contributed by atoms with Crippen molar-refractivity contribution in [2.24, 2.45) is 35.3 Å². The molecule has 35 heteroatoms. The van der Waals surface area contributed by atoms with Crippen LogP contribution in [-0.4, -0.2) is 191 Å². The number of aliphatic hydroxyl groups excluding tert-OH is 6. The molecule has 13 aliphatic rings. The van der Waals surface area contributed by atoms with Crippen LogP contribution in [0.4, 0.5) is 0 Å². The molecule has 9 amide bonds. The van der Waals surface area contributed by atoms with Crippen LogP contribution in [0.2, 0.25) is 5.02 Å². The number of ether oxygens (including phenoxy) is 6. The second kappa shape index (κ2) is 34.1. The molecule has 2 saturated heterocycles. The Balaban J connectivity index is 0.929. The van der Waals surface area contributed by atoms with Crippen LogP contribution in [0.25, 0.3) is 11.1 Å². The molecule has 18 bridgehead atoms. The summed E-state index contributed by atoms with van der Waals surface area (Å²) in [6, 6.07) is 1.05. The van der Waals surface area contributed by atoms with E-state index in [0.717, 1.165) is 75.6 Å². The maximum absolute atomic E-state index is 16.6. The third-order valence-corrected chi connectivity index (χ3v) is 25.6. The maximum atomic E-state index is 16.6. The van der Waals surface area contributed by atoms with Crippen molar-refractivity contribution in [3.8, 4) is 45.6 Å². The number of amides is 9. The number of aliphatic hydroxyl groups is 8. The Morgan fingerprint density at radius 3 is 1.98 bits per heavy atom. The first-order chi connectivity index (χ1) is 57.1. The summed E-state index contributed by atoms with van der Waals surface area (Å²) in [4.78, 5) is 139. The monoisotopic (exact) mass is 1680 g/mol. The summed E-state index contributed by atoms with van der Waals surface area (Å²) in [6.07, 6.45) is -13.7. The zero-order valence-corrected chi connectivity index (χ0v) is 67.6. The van der Waals surface area contributed by atoms with Crippen molar-refractivity contribution in [2.45, 2.75) is 252 Å². The Hall–Kier alpha value is -9.50. The smallest absolute Gasteiger partial charge is 0.248 e. The van der Waals surface area contributed by atoms with E-state index in [4.69, 9.17) is 45.8 Å². The summed E-state index contributed by atoms with van der Waals surface area (Å²) in [5, 5.41) is 135. The molecule has 34 nitrogen and oxygen atoms in total. The summed E-state index contributed by atoms with van der Waals surface area (Å²) in [5.41, 5.74) is 2.77. The third-order valence-electron chi connectivity index (χ3n) is 25.4. The van der Waals surface area contributed by atoms with Gasteiger partial charge in [-0.2, -0.15) is 0 Å². The number of nitrogens with two attached hydrogens (primary N) is 1. The lowest BCUT2D eigenvalue weighted by atomic mass is 9.54. The number of benzene rings is 5. The number of unbranched alkanes of at least 4 members (excludes halogenated alkanes) is 4. The molecule has 8 aliphatic heterocycles. The van der Waals surface area contributed by atoms with Crippen molar-refractivity contribution >= 4 is 64.8 Å². The fourth-order valence-electron chi connectivity index (χ4n) is 19.4. The maximum Gasteiger partial charge on any atom is 0.248 e. The molecule has 644 valence electrons. The Labute approximate surface area is 695 Å². The lowest BCUT2D eigenvalue weighted by Gasteiger charge is -2.54. The van der Waals surface area contributed by atoms with Gasteiger partial charge < -0.3 is 123 Å². The number of likely N-dealkylation sites (N-methyl/N-ethyl adjacent to an activating group) is 1. The average Bonchev–Trinajstić information content (AvgIpc) is 1.54. The van der Waals surface area contributed by atoms with E-state index < -0.39 is 209 Å². The molecule has 20 N–H and O–H groups in total. The van der Waals surface area contributed by atoms with Crippen molar-refractivity contribution < 1.29 is 118 Å². The Bertz CT molecular complexity index is 4850. The highest BCUT2D eigenvalue weighted by Gasteiger charge is 2.56. The number of nitrogens with one attached hydrogen (secondary N) is 9. The molecule has 18 rings (SSSR count). The van der Waals surface area contributed by atoms with E-state index in [1.165, 1.54) is 75.5 Å². The predicted octanol–water partition coefficient (Wildman–Crippen LogP) is 2.97. The van der Waals surface area contributed by atoms with Crippen molar-refractivity contribution in [1.29, 1.82) is 0 Å². The zero-order valence-electron chi connectivity index (χ0n) is 66.9. The normalized spacial score (nSPS) is 32.8. The molecule has 5 aromatic rings. The number of hydrogen-bond acceptors (Lipinski definition) is 26. The molecule has 6 fully saturated rings. The van der Waals surface area contributed by atoms with Crippen LogP contribution in [0.5, 0.6) is 34.5 Å². The fourth-order valence-corrected chi connectivity index (χ4v) is 19.6. The summed E-state index contributed by atoms with van der Waals surface area (Å²) < 4.78 is 39.6. The number of halogens is 1. The molecular weight excluding hydrogens is 1580 g/mol. The van der Waals surface area contributed by atoms with Crippen molar-refractivity contribution in [1.82, 2.24) is 47.9 Å². The van der Waals surface area contributed by atoms with E-state index in [1.54, 1.807) is 0 Å². The summed E-state index contributed by atoms with van der Waals surface area (Å²) in [7, 11) is 1.48. The van der Waals surface area contributed by atoms with Gasteiger partial charge in [-0.1, -0.05) is 82.3 Å². The van der Waals surface area contributed by atoms with Gasteiger partial charge in [-0.15, -0.1) is 0 Å². The lowest BCUT2D eigenvalue weighted by molar-refractivity contribution is -0.339. The van der Waals surface area contributed by atoms with Crippen LogP contribution < -0.4 is 67.8 Å². The van der Waals surface area contributed by atoms with E-state index >= 15 is 28.8 Å². The highest BCUT2D eigenvalue weighted by atomic mass is 35.5. The number of carbonyl (C=O) groups is 9. The van der Waals surface area contributed by atoms with Gasteiger partial charge in [0.25, 0.3) is 0 Å². The van der Waals surface area contributed by atoms with Crippen LogP contribution in [0.15, 0.2) is 78.9 Å². The number of phenolic OH excluding ortho intramolecular Hbond substituents is 1. The van der Waals surface area contributed by atoms with E-state index in [0.29, 0.717) is 24.7 Å². The molecular formula is C85H103ClN10O24. The van der Waals surface area contributed by atoms with Gasteiger partial charge in [-0.3, -0.25) is 48.5 Å². The first-order valence-corrected chi connectivity index (χ1v) is 41.5. The number of carbonyl (C=O) groups excluding carboxylic acids is 9. The van der Waals surface area contributed by atoms with Crippen LogP contribution >= 0.6 is 11.6 Å². The summed E-state index contributed by atoms with van der Waals surface area (Å²) >= 11 is 7.29. The number of aromatic hydroxyl groups is 1. The number of fused-ring (bicyclic) bond motifs is 13. The molecule has 1 unspecified atom stereocenters. The van der Waals surface area contributed by atoms with Gasteiger partial charge in [0.05, 0.1) is 29.7 Å². The number of imide groups is 1. The molecule has 0 spiro atoms. The standard InChI is InChI=1S/C85H103ClN10O24/c1-7-8-9-10-11-12-57(98)90-58(99)32-52-77(107)92-63-43-28-55-72(119-83-74(118-59-33-84(5,87)75(105)35(4)115-59)71(104)70(103)73(120-83)69(102)46-26-39(14-17-53(46)116-55)67(100)65(81(111)89-52)95-76(106)51(88-6)19-34(2)3)56(29-43)117-54-18-15-40(27-50(54)86)68(101)66-82(112)94-64(80(110)91-61-41-21-36-20-37(23-41)24-42(61)22-36)47-30-44(97)31-49-60(47)45-25-38(13-16-48(45)85(49,113)114)62(78(108)96-66)93-79(63)109/h13-18,25-31,34-37,41-42,51-52,59,61-71,73-75,83,88,97,100-105,113-114H,7-12,19-24,32-33,87H2,1-6H3,(H,89,111)(H,91,110)(H,92,107)(H,93,109)(H,94,112)(H,95,106)(H,96,108)(H,90,98,99)/t35-,36?,37?,41?,42?,51+,52-,59-,61?,62+,63+,64-,65+,66-,67+,68+,69?,70-,71-,73+,74+,75+,83+,84-/m0/s1.